The van der Waals surface area contributed by atoms with Crippen LogP contribution in [0, 0.1) is 18.8 Å². The smallest absolute Gasteiger partial charge is 0.308 e. The predicted molar refractivity (Wildman–Crippen MR) is 132 cm³/mol. The number of aliphatic hydroxyl groups is 1. The number of methoxy groups -OCH3 is 1. The standard InChI is InChI=1S/C27H30F2N4O3/c1-16-12-21(32-24(13-16)33-23-14-18(25(28)29)10-11-30-23)19-6-9-22(31-15-19)27(2,35)20-7-4-17(5-8-20)26(34)36-3/h6,9-15,17,20,25,35H,4-5,7-8H2,1-3H3,(H,30,32,33). The van der Waals surface area contributed by atoms with Gasteiger partial charge in [-0.2, -0.15) is 0 Å². The van der Waals surface area contributed by atoms with E-state index in [-0.39, 0.29) is 29.2 Å². The topological polar surface area (TPSA) is 97.2 Å². The van der Waals surface area contributed by atoms with Gasteiger partial charge >= 0.3 is 5.97 Å². The molecule has 2 N–H and O–H groups in total. The second-order valence-electron chi connectivity index (χ2n) is 9.47. The first kappa shape index (κ1) is 25.6. The first-order chi connectivity index (χ1) is 17.2. The zero-order chi connectivity index (χ0) is 25.9. The summed E-state index contributed by atoms with van der Waals surface area (Å²) in [6.45, 7) is 3.68. The minimum Gasteiger partial charge on any atom is -0.469 e. The summed E-state index contributed by atoms with van der Waals surface area (Å²) in [6.07, 6.45) is 3.21. The molecule has 36 heavy (non-hydrogen) atoms. The van der Waals surface area contributed by atoms with E-state index in [2.05, 4.69) is 20.3 Å². The van der Waals surface area contributed by atoms with Gasteiger partial charge < -0.3 is 15.2 Å². The van der Waals surface area contributed by atoms with E-state index in [0.29, 0.717) is 42.9 Å². The minimum atomic E-state index is -2.58. The van der Waals surface area contributed by atoms with Crippen LogP contribution in [0.5, 0.6) is 0 Å². The van der Waals surface area contributed by atoms with Crippen LogP contribution < -0.4 is 5.32 Å². The number of esters is 1. The van der Waals surface area contributed by atoms with E-state index in [1.807, 2.05) is 19.1 Å². The molecule has 0 radical (unpaired) electrons. The Kier molecular flexibility index (Phi) is 7.59. The molecule has 3 aromatic rings. The summed E-state index contributed by atoms with van der Waals surface area (Å²) in [7, 11) is 1.40. The Morgan fingerprint density at radius 1 is 1.11 bits per heavy atom. The third kappa shape index (κ3) is 5.67. The van der Waals surface area contributed by atoms with E-state index >= 15 is 0 Å². The molecule has 0 bridgehead atoms. The zero-order valence-corrected chi connectivity index (χ0v) is 20.5. The van der Waals surface area contributed by atoms with Crippen LogP contribution in [0.25, 0.3) is 11.3 Å². The number of nitrogens with zero attached hydrogens (tertiary/aromatic N) is 3. The van der Waals surface area contributed by atoms with E-state index < -0.39 is 12.0 Å². The maximum absolute atomic E-state index is 13.0. The van der Waals surface area contributed by atoms with Crippen molar-refractivity contribution < 1.29 is 23.4 Å². The van der Waals surface area contributed by atoms with Gasteiger partial charge in [0, 0.05) is 23.5 Å². The van der Waals surface area contributed by atoms with Crippen molar-refractivity contribution in [1.29, 1.82) is 0 Å². The average molecular weight is 497 g/mol. The molecule has 0 amide bonds. The summed E-state index contributed by atoms with van der Waals surface area (Å²) >= 11 is 0. The molecule has 1 unspecified atom stereocenters. The second-order valence-corrected chi connectivity index (χ2v) is 9.47. The summed E-state index contributed by atoms with van der Waals surface area (Å²) in [5, 5.41) is 14.3. The maximum Gasteiger partial charge on any atom is 0.308 e. The summed E-state index contributed by atoms with van der Waals surface area (Å²) in [4.78, 5) is 25.1. The van der Waals surface area contributed by atoms with Crippen LogP contribution in [0.15, 0.2) is 48.8 Å². The summed E-state index contributed by atoms with van der Waals surface area (Å²) < 4.78 is 30.9. The van der Waals surface area contributed by atoms with Crippen molar-refractivity contribution in [2.24, 2.45) is 11.8 Å². The molecule has 0 saturated heterocycles. The summed E-state index contributed by atoms with van der Waals surface area (Å²) in [5.41, 5.74) is 1.64. The first-order valence-corrected chi connectivity index (χ1v) is 11.9. The Morgan fingerprint density at radius 3 is 2.50 bits per heavy atom. The van der Waals surface area contributed by atoms with Gasteiger partial charge in [0.05, 0.1) is 24.4 Å². The van der Waals surface area contributed by atoms with Crippen molar-refractivity contribution >= 4 is 17.6 Å². The molecule has 0 aliphatic heterocycles. The molecule has 190 valence electrons. The number of nitrogens with one attached hydrogen (secondary N) is 1. The molecule has 3 aromatic heterocycles. The lowest BCUT2D eigenvalue weighted by Crippen LogP contribution is -2.36. The average Bonchev–Trinajstić information content (AvgIpc) is 2.88. The SMILES string of the molecule is COC(=O)C1CCC(C(C)(O)c2ccc(-c3cc(C)cc(Nc4cc(C(F)F)ccn4)n3)cn2)CC1. The Balaban J connectivity index is 1.50. The number of aromatic nitrogens is 3. The highest BCUT2D eigenvalue weighted by Gasteiger charge is 2.39. The Labute approximate surface area is 209 Å². The van der Waals surface area contributed by atoms with E-state index in [4.69, 9.17) is 4.74 Å². The normalized spacial score (nSPS) is 19.5. The van der Waals surface area contributed by atoms with Gasteiger partial charge in [0.15, 0.2) is 0 Å². The van der Waals surface area contributed by atoms with E-state index in [9.17, 15) is 18.7 Å². The quantitative estimate of drug-likeness (QED) is 0.404. The predicted octanol–water partition coefficient (Wildman–Crippen LogP) is 5.72. The maximum atomic E-state index is 13.0. The largest absolute Gasteiger partial charge is 0.469 e. The molecule has 3 heterocycles. The van der Waals surface area contributed by atoms with E-state index in [1.165, 1.54) is 25.4 Å². The van der Waals surface area contributed by atoms with E-state index in [1.54, 1.807) is 25.3 Å². The lowest BCUT2D eigenvalue weighted by atomic mass is 9.73. The van der Waals surface area contributed by atoms with Gasteiger partial charge in [-0.3, -0.25) is 9.78 Å². The number of carbonyl (C=O) groups excluding carboxylic acids is 1. The van der Waals surface area contributed by atoms with Crippen molar-refractivity contribution in [2.45, 2.75) is 51.6 Å². The third-order valence-corrected chi connectivity index (χ3v) is 6.90. The van der Waals surface area contributed by atoms with Crippen LogP contribution in [0.1, 0.15) is 55.9 Å². The minimum absolute atomic E-state index is 0.0128. The number of carbonyl (C=O) groups is 1. The van der Waals surface area contributed by atoms with Gasteiger partial charge in [0.25, 0.3) is 6.43 Å². The molecule has 7 nitrogen and oxygen atoms in total. The van der Waals surface area contributed by atoms with Crippen LogP contribution in [0.2, 0.25) is 0 Å². The Morgan fingerprint density at radius 2 is 1.86 bits per heavy atom. The second kappa shape index (κ2) is 10.7. The fourth-order valence-electron chi connectivity index (χ4n) is 4.77. The molecule has 1 saturated carbocycles. The van der Waals surface area contributed by atoms with Crippen LogP contribution >= 0.6 is 0 Å². The van der Waals surface area contributed by atoms with Crippen molar-refractivity contribution in [3.05, 3.63) is 65.6 Å². The van der Waals surface area contributed by atoms with Crippen molar-refractivity contribution in [1.82, 2.24) is 15.0 Å². The molecule has 1 aliphatic rings. The number of aryl methyl sites for hydroxylation is 1. The van der Waals surface area contributed by atoms with Gasteiger partial charge in [-0.1, -0.05) is 0 Å². The Hall–Kier alpha value is -3.46. The van der Waals surface area contributed by atoms with Crippen LogP contribution in [0.4, 0.5) is 20.4 Å². The highest BCUT2D eigenvalue weighted by molar-refractivity contribution is 5.72. The van der Waals surface area contributed by atoms with Gasteiger partial charge in [0.2, 0.25) is 0 Å². The van der Waals surface area contributed by atoms with Gasteiger partial charge in [-0.05, 0) is 87.4 Å². The van der Waals surface area contributed by atoms with Gasteiger partial charge in [0.1, 0.15) is 17.2 Å². The number of ether oxygens (including phenoxy) is 1. The number of hydrogen-bond acceptors (Lipinski definition) is 7. The number of hydrogen-bond donors (Lipinski definition) is 2. The van der Waals surface area contributed by atoms with Crippen molar-refractivity contribution in [3.63, 3.8) is 0 Å². The van der Waals surface area contributed by atoms with Crippen molar-refractivity contribution in [2.75, 3.05) is 12.4 Å². The van der Waals surface area contributed by atoms with Crippen LogP contribution in [0.3, 0.4) is 0 Å². The molecule has 9 heteroatoms. The number of alkyl halides is 2. The number of pyridine rings is 3. The monoisotopic (exact) mass is 496 g/mol. The number of rotatable bonds is 7. The lowest BCUT2D eigenvalue weighted by molar-refractivity contribution is -0.148. The molecule has 0 aromatic carbocycles. The summed E-state index contributed by atoms with van der Waals surface area (Å²) in [5.74, 6) is 0.444. The Bertz CT molecular complexity index is 1210. The molecule has 0 spiro atoms. The van der Waals surface area contributed by atoms with Crippen LogP contribution in [-0.2, 0) is 15.1 Å². The molecule has 1 fully saturated rings. The fraction of sp³-hybridized carbons (Fsp3) is 0.407. The highest BCUT2D eigenvalue weighted by Crippen LogP contribution is 2.40. The van der Waals surface area contributed by atoms with E-state index in [0.717, 1.165) is 11.1 Å². The summed E-state index contributed by atoms with van der Waals surface area (Å²) in [6, 6.07) is 9.93. The lowest BCUT2D eigenvalue weighted by Gasteiger charge is -2.37. The molecule has 1 aliphatic carbocycles. The van der Waals surface area contributed by atoms with Crippen LogP contribution in [-0.4, -0.2) is 33.1 Å². The molecular formula is C27H30F2N4O3. The number of halogens is 2. The zero-order valence-electron chi connectivity index (χ0n) is 20.5. The first-order valence-electron chi connectivity index (χ1n) is 11.9. The highest BCUT2D eigenvalue weighted by atomic mass is 19.3. The fourth-order valence-corrected chi connectivity index (χ4v) is 4.77. The molecule has 4 rings (SSSR count). The molecular weight excluding hydrogens is 466 g/mol. The molecule has 1 atom stereocenters. The van der Waals surface area contributed by atoms with Gasteiger partial charge in [-0.15, -0.1) is 0 Å². The van der Waals surface area contributed by atoms with Gasteiger partial charge in [-0.25, -0.2) is 18.7 Å². The van der Waals surface area contributed by atoms with Crippen molar-refractivity contribution in [3.8, 4) is 11.3 Å². The number of anilines is 2. The third-order valence-electron chi connectivity index (χ3n) is 6.90.